The molecule has 0 aromatic heterocycles. The molecule has 12 heteroatoms. The van der Waals surface area contributed by atoms with Crippen LogP contribution in [0.3, 0.4) is 0 Å². The third-order valence-corrected chi connectivity index (χ3v) is 0.463. The van der Waals surface area contributed by atoms with Crippen molar-refractivity contribution in [2.75, 3.05) is 0 Å². The van der Waals surface area contributed by atoms with E-state index in [0.29, 0.717) is 0 Å². The fourth-order valence-corrected chi connectivity index (χ4v) is 0. The summed E-state index contributed by atoms with van der Waals surface area (Å²) in [6.07, 6.45) is -10.4. The number of carbonyl (C=O) groups excluding carboxylic acids is 2. The van der Waals surface area contributed by atoms with Crippen molar-refractivity contribution in [3.05, 3.63) is 0 Å². The van der Waals surface area contributed by atoms with Crippen LogP contribution in [0.4, 0.5) is 26.3 Å². The Balaban J connectivity index is -0.0000000800. The average molecular weight is 300 g/mol. The maximum absolute atomic E-state index is 10.5. The van der Waals surface area contributed by atoms with E-state index in [2.05, 4.69) is 0 Å². The van der Waals surface area contributed by atoms with Crippen LogP contribution in [-0.4, -0.2) is 29.8 Å². The van der Waals surface area contributed by atoms with Gasteiger partial charge in [-0.25, -0.2) is 0 Å². The third kappa shape index (κ3) is 15.5. The van der Waals surface area contributed by atoms with E-state index in [-0.39, 0.29) is 22.5 Å². The normalized spacial score (nSPS) is 9.88. The van der Waals surface area contributed by atoms with E-state index in [1.807, 2.05) is 0 Å². The zero-order valence-electron chi connectivity index (χ0n) is 6.75. The largest absolute Gasteiger partial charge is 2.00 e. The van der Waals surface area contributed by atoms with Gasteiger partial charge in [0.05, 0.1) is 0 Å². The first-order valence-electron chi connectivity index (χ1n) is 2.45. The quantitative estimate of drug-likeness (QED) is 0.372. The van der Waals surface area contributed by atoms with E-state index >= 15 is 0 Å². The van der Waals surface area contributed by atoms with Crippen molar-refractivity contribution >= 4 is 11.9 Å². The summed E-state index contributed by atoms with van der Waals surface area (Å²) in [6.45, 7) is 0. The van der Waals surface area contributed by atoms with E-state index in [9.17, 15) is 26.3 Å². The molecule has 0 aromatic rings. The van der Waals surface area contributed by atoms with Crippen LogP contribution in [-0.2, 0) is 26.7 Å². The molecule has 0 heterocycles. The minimum atomic E-state index is -5.19. The van der Waals surface area contributed by atoms with E-state index in [1.165, 1.54) is 0 Å². The molecule has 0 bridgehead atoms. The standard InChI is InChI=1S/2C2HF3O2.Fe.H2O/c2*3-2(4,5)1(6)7;;/h2*(H,6,7);;1H2/q;;+2;/p-2. The molecular weight excluding hydrogens is 298 g/mol. The number of carbonyl (C=O) groups is 2. The zero-order chi connectivity index (χ0) is 12.2. The van der Waals surface area contributed by atoms with Gasteiger partial charge < -0.3 is 25.3 Å². The van der Waals surface area contributed by atoms with Gasteiger partial charge in [0, 0.05) is 0 Å². The summed E-state index contributed by atoms with van der Waals surface area (Å²) in [5.41, 5.74) is 0. The molecule has 0 saturated heterocycles. The molecule has 0 radical (unpaired) electrons. The molecule has 0 aliphatic carbocycles. The van der Waals surface area contributed by atoms with Crippen LogP contribution in [0.5, 0.6) is 0 Å². The van der Waals surface area contributed by atoms with Crippen LogP contribution in [0.2, 0.25) is 0 Å². The SMILES string of the molecule is O.O=C([O-])C(F)(F)F.O=C([O-])C(F)(F)F.[Fe+2]. The van der Waals surface area contributed by atoms with Crippen LogP contribution in [0.25, 0.3) is 0 Å². The van der Waals surface area contributed by atoms with Gasteiger partial charge in [0.15, 0.2) is 0 Å². The number of hydrogen-bond acceptors (Lipinski definition) is 4. The maximum Gasteiger partial charge on any atom is 2.00 e. The van der Waals surface area contributed by atoms with Crippen molar-refractivity contribution in [2.24, 2.45) is 0 Å². The summed E-state index contributed by atoms with van der Waals surface area (Å²) in [6, 6.07) is 0. The van der Waals surface area contributed by atoms with Gasteiger partial charge in [-0.2, -0.15) is 26.3 Å². The van der Waals surface area contributed by atoms with E-state index < -0.39 is 24.3 Å². The Kier molecular flexibility index (Phi) is 12.4. The Labute approximate surface area is 93.8 Å². The first-order valence-corrected chi connectivity index (χ1v) is 2.45. The van der Waals surface area contributed by atoms with Crippen LogP contribution in [0.15, 0.2) is 0 Å². The molecule has 0 spiro atoms. The fourth-order valence-electron chi connectivity index (χ4n) is 0. The van der Waals surface area contributed by atoms with Gasteiger partial charge in [0.25, 0.3) is 0 Å². The number of hydrogen-bond donors (Lipinski definition) is 0. The molecule has 0 fully saturated rings. The Hall–Kier alpha value is -1.00. The van der Waals surface area contributed by atoms with Gasteiger partial charge in [-0.15, -0.1) is 0 Å². The Bertz CT molecular complexity index is 198. The summed E-state index contributed by atoms with van der Waals surface area (Å²) in [4.78, 5) is 17.6. The average Bonchev–Trinajstić information content (AvgIpc) is 1.83. The number of carboxylic acid groups (broad SMARTS) is 2. The summed E-state index contributed by atoms with van der Waals surface area (Å²) in [7, 11) is 0. The monoisotopic (exact) mass is 300 g/mol. The first kappa shape index (κ1) is 24.3. The molecule has 98 valence electrons. The Morgan fingerprint density at radius 2 is 0.812 bits per heavy atom. The second-order valence-electron chi connectivity index (χ2n) is 1.57. The molecule has 0 saturated carbocycles. The van der Waals surface area contributed by atoms with Gasteiger partial charge in [0.1, 0.15) is 11.9 Å². The number of aliphatic carboxylic acids is 2. The molecule has 0 amide bonds. The van der Waals surface area contributed by atoms with Crippen LogP contribution in [0, 0.1) is 0 Å². The molecule has 5 nitrogen and oxygen atoms in total. The minimum absolute atomic E-state index is 0. The van der Waals surface area contributed by atoms with Crippen molar-refractivity contribution < 1.29 is 68.7 Å². The number of rotatable bonds is 0. The Morgan fingerprint density at radius 3 is 0.812 bits per heavy atom. The van der Waals surface area contributed by atoms with E-state index in [4.69, 9.17) is 19.8 Å². The second-order valence-corrected chi connectivity index (χ2v) is 1.57. The van der Waals surface area contributed by atoms with Crippen molar-refractivity contribution in [1.29, 1.82) is 0 Å². The van der Waals surface area contributed by atoms with E-state index in [1.54, 1.807) is 0 Å². The zero-order valence-corrected chi connectivity index (χ0v) is 7.86. The van der Waals surface area contributed by atoms with Gasteiger partial charge in [0.2, 0.25) is 0 Å². The van der Waals surface area contributed by atoms with Crippen molar-refractivity contribution in [2.45, 2.75) is 12.4 Å². The molecular formula is C4H2F6FeO5. The van der Waals surface area contributed by atoms with Crippen LogP contribution < -0.4 is 10.2 Å². The predicted molar refractivity (Wildman–Crippen MR) is 25.7 cm³/mol. The number of halogens is 6. The molecule has 0 aliphatic rings. The minimum Gasteiger partial charge on any atom is -0.542 e. The summed E-state index contributed by atoms with van der Waals surface area (Å²) >= 11 is 0. The van der Waals surface area contributed by atoms with Crippen molar-refractivity contribution in [3.8, 4) is 0 Å². The molecule has 0 unspecified atom stereocenters. The molecule has 0 rings (SSSR count). The van der Waals surface area contributed by atoms with Gasteiger partial charge in [-0.05, 0) is 0 Å². The molecule has 0 aliphatic heterocycles. The number of alkyl halides is 6. The summed E-state index contributed by atoms with van der Waals surface area (Å²) in [5, 5.41) is 17.6. The number of carboxylic acids is 2. The van der Waals surface area contributed by atoms with Gasteiger partial charge >= 0.3 is 29.4 Å². The molecule has 16 heavy (non-hydrogen) atoms. The maximum atomic E-state index is 10.5. The topological polar surface area (TPSA) is 112 Å². The fraction of sp³-hybridized carbons (Fsp3) is 0.500. The predicted octanol–water partition coefficient (Wildman–Crippen LogP) is -2.23. The van der Waals surface area contributed by atoms with Crippen LogP contribution in [0.1, 0.15) is 0 Å². The van der Waals surface area contributed by atoms with Gasteiger partial charge in [-0.1, -0.05) is 0 Å². The summed E-state index contributed by atoms with van der Waals surface area (Å²) in [5.74, 6) is -6.01. The van der Waals surface area contributed by atoms with Gasteiger partial charge in [-0.3, -0.25) is 0 Å². The second kappa shape index (κ2) is 8.19. The molecule has 2 N–H and O–H groups in total. The third-order valence-electron chi connectivity index (χ3n) is 0.463. The van der Waals surface area contributed by atoms with Crippen LogP contribution >= 0.6 is 0 Å². The Morgan fingerprint density at radius 1 is 0.750 bits per heavy atom. The van der Waals surface area contributed by atoms with Crippen molar-refractivity contribution in [3.63, 3.8) is 0 Å². The summed E-state index contributed by atoms with van der Waals surface area (Å²) < 4.78 is 63.1. The molecule has 0 atom stereocenters. The van der Waals surface area contributed by atoms with E-state index in [0.717, 1.165) is 0 Å². The molecule has 0 aromatic carbocycles. The van der Waals surface area contributed by atoms with Crippen molar-refractivity contribution in [1.82, 2.24) is 0 Å². The first-order chi connectivity index (χ1) is 5.89. The smallest absolute Gasteiger partial charge is 0.542 e.